The molecule has 1 unspecified atom stereocenters. The van der Waals surface area contributed by atoms with Gasteiger partial charge in [-0.15, -0.1) is 0 Å². The van der Waals surface area contributed by atoms with Gasteiger partial charge in [0.15, 0.2) is 0 Å². The number of benzene rings is 2. The molecule has 0 fully saturated rings. The first-order chi connectivity index (χ1) is 9.11. The molecule has 2 aromatic carbocycles. The molecule has 0 bridgehead atoms. The summed E-state index contributed by atoms with van der Waals surface area (Å²) in [4.78, 5) is -0.0729. The van der Waals surface area contributed by atoms with E-state index in [4.69, 9.17) is 16.3 Å². The molecule has 19 heavy (non-hydrogen) atoms. The number of ether oxygens (including phenoxy) is 1. The number of halogens is 3. The first-order valence-electron chi connectivity index (χ1n) is 5.93. The maximum absolute atomic E-state index is 13.0. The highest BCUT2D eigenvalue weighted by molar-refractivity contribution is 9.09. The van der Waals surface area contributed by atoms with Crippen molar-refractivity contribution in [2.24, 2.45) is 0 Å². The molecule has 0 aliphatic heterocycles. The fourth-order valence-electron chi connectivity index (χ4n) is 1.79. The Labute approximate surface area is 125 Å². The molecule has 1 atom stereocenters. The molecule has 2 rings (SSSR count). The molecule has 2 aromatic rings. The van der Waals surface area contributed by atoms with Crippen LogP contribution < -0.4 is 4.74 Å². The monoisotopic (exact) mass is 342 g/mol. The van der Waals surface area contributed by atoms with E-state index < -0.39 is 0 Å². The van der Waals surface area contributed by atoms with Gasteiger partial charge in [0.2, 0.25) is 0 Å². The van der Waals surface area contributed by atoms with Gasteiger partial charge in [-0.3, -0.25) is 0 Å². The second-order valence-corrected chi connectivity index (χ2v) is 5.35. The standard InChI is InChI=1S/C15H13BrClFO/c1-2-19-12-6-3-10(4-7-12)15(16)13-8-5-11(18)9-14(13)17/h3-9,15H,2H2,1H3. The summed E-state index contributed by atoms with van der Waals surface area (Å²) in [6, 6.07) is 12.2. The highest BCUT2D eigenvalue weighted by Crippen LogP contribution is 2.36. The predicted molar refractivity (Wildman–Crippen MR) is 79.8 cm³/mol. The van der Waals surface area contributed by atoms with Crippen LogP contribution in [0.5, 0.6) is 5.75 Å². The third-order valence-electron chi connectivity index (χ3n) is 2.72. The highest BCUT2D eigenvalue weighted by atomic mass is 79.9. The van der Waals surface area contributed by atoms with Crippen molar-refractivity contribution in [1.82, 2.24) is 0 Å². The van der Waals surface area contributed by atoms with Crippen LogP contribution in [0.2, 0.25) is 5.02 Å². The fraction of sp³-hybridized carbons (Fsp3) is 0.200. The Morgan fingerprint density at radius 1 is 1.21 bits per heavy atom. The molecular weight excluding hydrogens is 331 g/mol. The minimum absolute atomic E-state index is 0.0729. The molecule has 0 aromatic heterocycles. The zero-order chi connectivity index (χ0) is 13.8. The van der Waals surface area contributed by atoms with Crippen molar-refractivity contribution in [3.05, 3.63) is 64.4 Å². The smallest absolute Gasteiger partial charge is 0.124 e. The number of hydrogen-bond acceptors (Lipinski definition) is 1. The molecule has 1 nitrogen and oxygen atoms in total. The molecule has 100 valence electrons. The van der Waals surface area contributed by atoms with Gasteiger partial charge < -0.3 is 4.74 Å². The number of alkyl halides is 1. The Balaban J connectivity index is 2.25. The fourth-order valence-corrected chi connectivity index (χ4v) is 2.90. The third-order valence-corrected chi connectivity index (χ3v) is 4.07. The van der Waals surface area contributed by atoms with Gasteiger partial charge in [-0.1, -0.05) is 45.7 Å². The van der Waals surface area contributed by atoms with E-state index in [1.54, 1.807) is 6.07 Å². The average molecular weight is 344 g/mol. The van der Waals surface area contributed by atoms with Crippen molar-refractivity contribution in [2.75, 3.05) is 6.61 Å². The average Bonchev–Trinajstić information content (AvgIpc) is 2.39. The van der Waals surface area contributed by atoms with Gasteiger partial charge in [0, 0.05) is 5.02 Å². The van der Waals surface area contributed by atoms with Crippen LogP contribution in [0.3, 0.4) is 0 Å². The van der Waals surface area contributed by atoms with Gasteiger partial charge >= 0.3 is 0 Å². The van der Waals surface area contributed by atoms with Crippen LogP contribution in [-0.4, -0.2) is 6.61 Å². The maximum Gasteiger partial charge on any atom is 0.124 e. The Bertz CT molecular complexity index is 557. The quantitative estimate of drug-likeness (QED) is 0.679. The van der Waals surface area contributed by atoms with Gasteiger partial charge in [-0.05, 0) is 42.3 Å². The lowest BCUT2D eigenvalue weighted by Crippen LogP contribution is -1.96. The van der Waals surface area contributed by atoms with E-state index in [9.17, 15) is 4.39 Å². The second-order valence-electron chi connectivity index (χ2n) is 4.03. The molecule has 0 aliphatic carbocycles. The molecule has 4 heteroatoms. The number of rotatable bonds is 4. The van der Waals surface area contributed by atoms with Crippen LogP contribution in [0.4, 0.5) is 4.39 Å². The summed E-state index contributed by atoms with van der Waals surface area (Å²) in [5.74, 6) is 0.497. The van der Waals surface area contributed by atoms with Crippen LogP contribution >= 0.6 is 27.5 Å². The van der Waals surface area contributed by atoms with Crippen molar-refractivity contribution in [2.45, 2.75) is 11.8 Å². The zero-order valence-corrected chi connectivity index (χ0v) is 12.7. The zero-order valence-electron chi connectivity index (χ0n) is 10.4. The van der Waals surface area contributed by atoms with E-state index in [2.05, 4.69) is 15.9 Å². The number of hydrogen-bond donors (Lipinski definition) is 0. The lowest BCUT2D eigenvalue weighted by atomic mass is 10.0. The van der Waals surface area contributed by atoms with Crippen LogP contribution in [0.25, 0.3) is 0 Å². The Hall–Kier alpha value is -1.06. The van der Waals surface area contributed by atoms with Crippen LogP contribution in [0.15, 0.2) is 42.5 Å². The molecule has 0 radical (unpaired) electrons. The summed E-state index contributed by atoms with van der Waals surface area (Å²) in [6.45, 7) is 2.58. The van der Waals surface area contributed by atoms with E-state index in [-0.39, 0.29) is 10.6 Å². The normalized spacial score (nSPS) is 12.2. The maximum atomic E-state index is 13.0. The van der Waals surface area contributed by atoms with E-state index >= 15 is 0 Å². The summed E-state index contributed by atoms with van der Waals surface area (Å²) in [6.07, 6.45) is 0. The lowest BCUT2D eigenvalue weighted by molar-refractivity contribution is 0.340. The van der Waals surface area contributed by atoms with E-state index in [1.807, 2.05) is 31.2 Å². The molecule has 0 N–H and O–H groups in total. The molecule has 0 saturated heterocycles. The van der Waals surface area contributed by atoms with Gasteiger partial charge in [0.1, 0.15) is 11.6 Å². The molecular formula is C15H13BrClFO. The molecule has 0 aliphatic rings. The largest absolute Gasteiger partial charge is 0.494 e. The summed E-state index contributed by atoms with van der Waals surface area (Å²) in [7, 11) is 0. The molecule has 0 heterocycles. The van der Waals surface area contributed by atoms with E-state index in [0.717, 1.165) is 16.9 Å². The first-order valence-corrected chi connectivity index (χ1v) is 7.23. The van der Waals surface area contributed by atoms with Gasteiger partial charge in [-0.2, -0.15) is 0 Å². The minimum Gasteiger partial charge on any atom is -0.494 e. The van der Waals surface area contributed by atoms with Gasteiger partial charge in [0.05, 0.1) is 11.4 Å². The van der Waals surface area contributed by atoms with Gasteiger partial charge in [-0.25, -0.2) is 4.39 Å². The molecule has 0 saturated carbocycles. The SMILES string of the molecule is CCOc1ccc(C(Br)c2ccc(F)cc2Cl)cc1. The first kappa shape index (κ1) is 14.4. The Kier molecular flexibility index (Phi) is 4.83. The predicted octanol–water partition coefficient (Wildman–Crippen LogP) is 5.36. The molecule has 0 amide bonds. The third kappa shape index (κ3) is 3.48. The van der Waals surface area contributed by atoms with E-state index in [0.29, 0.717) is 11.6 Å². The Morgan fingerprint density at radius 2 is 1.89 bits per heavy atom. The highest BCUT2D eigenvalue weighted by Gasteiger charge is 2.14. The summed E-state index contributed by atoms with van der Waals surface area (Å²) >= 11 is 9.65. The summed E-state index contributed by atoms with van der Waals surface area (Å²) < 4.78 is 18.4. The van der Waals surface area contributed by atoms with Crippen LogP contribution in [0.1, 0.15) is 22.9 Å². The molecule has 0 spiro atoms. The van der Waals surface area contributed by atoms with Crippen molar-refractivity contribution in [3.63, 3.8) is 0 Å². The van der Waals surface area contributed by atoms with E-state index in [1.165, 1.54) is 12.1 Å². The summed E-state index contributed by atoms with van der Waals surface area (Å²) in [5, 5.41) is 0.413. The van der Waals surface area contributed by atoms with Crippen molar-refractivity contribution >= 4 is 27.5 Å². The van der Waals surface area contributed by atoms with Crippen LogP contribution in [-0.2, 0) is 0 Å². The summed E-state index contributed by atoms with van der Waals surface area (Å²) in [5.41, 5.74) is 1.88. The van der Waals surface area contributed by atoms with Crippen molar-refractivity contribution < 1.29 is 9.13 Å². The second kappa shape index (κ2) is 6.40. The minimum atomic E-state index is -0.333. The topological polar surface area (TPSA) is 9.23 Å². The Morgan fingerprint density at radius 3 is 2.47 bits per heavy atom. The van der Waals surface area contributed by atoms with Crippen LogP contribution in [0, 0.1) is 5.82 Å². The van der Waals surface area contributed by atoms with Gasteiger partial charge in [0.25, 0.3) is 0 Å². The van der Waals surface area contributed by atoms with Crippen molar-refractivity contribution in [1.29, 1.82) is 0 Å². The van der Waals surface area contributed by atoms with Crippen molar-refractivity contribution in [3.8, 4) is 5.75 Å². The lowest BCUT2D eigenvalue weighted by Gasteiger charge is -2.13.